The van der Waals surface area contributed by atoms with Crippen LogP contribution in [-0.2, 0) is 16.6 Å². The molecular formula is C17H21N5O3S. The summed E-state index contributed by atoms with van der Waals surface area (Å²) in [5.41, 5.74) is 1.25. The summed E-state index contributed by atoms with van der Waals surface area (Å²) in [4.78, 5) is 13.2. The average molecular weight is 375 g/mol. The van der Waals surface area contributed by atoms with Crippen LogP contribution in [0.1, 0.15) is 5.56 Å². The highest BCUT2D eigenvalue weighted by atomic mass is 32.2. The summed E-state index contributed by atoms with van der Waals surface area (Å²) in [6.07, 6.45) is 6.25. The van der Waals surface area contributed by atoms with Gasteiger partial charge in [0.15, 0.2) is 0 Å². The van der Waals surface area contributed by atoms with Crippen molar-refractivity contribution in [3.05, 3.63) is 48.5 Å². The Hall–Kier alpha value is -2.49. The fraction of sp³-hybridized carbons (Fsp3) is 0.294. The van der Waals surface area contributed by atoms with E-state index in [9.17, 15) is 8.42 Å². The van der Waals surface area contributed by atoms with Crippen molar-refractivity contribution >= 4 is 21.1 Å². The zero-order chi connectivity index (χ0) is 18.6. The Morgan fingerprint density at radius 3 is 2.92 bits per heavy atom. The molecule has 0 saturated heterocycles. The molecule has 0 aliphatic heterocycles. The van der Waals surface area contributed by atoms with Gasteiger partial charge < -0.3 is 14.6 Å². The van der Waals surface area contributed by atoms with Crippen molar-refractivity contribution in [3.8, 4) is 5.75 Å². The molecule has 0 radical (unpaired) electrons. The van der Waals surface area contributed by atoms with Gasteiger partial charge in [0.05, 0.1) is 6.20 Å². The fourth-order valence-corrected chi connectivity index (χ4v) is 3.60. The first-order valence-corrected chi connectivity index (χ1v) is 9.58. The first-order chi connectivity index (χ1) is 12.5. The Morgan fingerprint density at radius 2 is 2.12 bits per heavy atom. The van der Waals surface area contributed by atoms with Crippen LogP contribution < -0.4 is 9.46 Å². The van der Waals surface area contributed by atoms with Crippen LogP contribution in [0.3, 0.4) is 0 Å². The maximum atomic E-state index is 12.7. The Bertz CT molecular complexity index is 985. The topological polar surface area (TPSA) is 100 Å². The van der Waals surface area contributed by atoms with Crippen molar-refractivity contribution in [2.45, 2.75) is 11.4 Å². The Morgan fingerprint density at radius 1 is 1.27 bits per heavy atom. The number of sulfonamides is 1. The van der Waals surface area contributed by atoms with Crippen molar-refractivity contribution in [2.24, 2.45) is 0 Å². The number of fused-ring (bicyclic) bond motifs is 1. The number of ether oxygens (including phenoxy) is 1. The van der Waals surface area contributed by atoms with Crippen molar-refractivity contribution in [3.63, 3.8) is 0 Å². The largest absolute Gasteiger partial charge is 0.490 e. The Labute approximate surface area is 152 Å². The Kier molecular flexibility index (Phi) is 5.50. The minimum Gasteiger partial charge on any atom is -0.490 e. The summed E-state index contributed by atoms with van der Waals surface area (Å²) in [5.74, 6) is 0.567. The minimum atomic E-state index is -3.70. The van der Waals surface area contributed by atoms with Gasteiger partial charge in [0.25, 0.3) is 0 Å². The van der Waals surface area contributed by atoms with Crippen molar-refractivity contribution < 1.29 is 13.2 Å². The molecule has 3 heterocycles. The summed E-state index contributed by atoms with van der Waals surface area (Å²) in [5, 5.41) is 0.553. The average Bonchev–Trinajstić information content (AvgIpc) is 3.06. The highest BCUT2D eigenvalue weighted by molar-refractivity contribution is 7.89. The third kappa shape index (κ3) is 4.18. The standard InChI is InChI=1S/C17H21N5O3S/c1-22(2)8-9-25-15-11-18-7-5-13(15)10-21-26(23,24)16-12-20-17-14(16)4-3-6-19-17/h3-7,11-12,21H,8-10H2,1-2H3,(H,19,20). The zero-order valence-corrected chi connectivity index (χ0v) is 15.5. The predicted octanol–water partition coefficient (Wildman–Crippen LogP) is 1.38. The zero-order valence-electron chi connectivity index (χ0n) is 14.6. The number of rotatable bonds is 8. The number of H-pyrrole nitrogens is 1. The lowest BCUT2D eigenvalue weighted by Gasteiger charge is -2.14. The van der Waals surface area contributed by atoms with Crippen molar-refractivity contribution in [1.82, 2.24) is 24.6 Å². The molecule has 0 atom stereocenters. The molecule has 138 valence electrons. The number of nitrogens with one attached hydrogen (secondary N) is 2. The number of hydrogen-bond donors (Lipinski definition) is 2. The van der Waals surface area contributed by atoms with Crippen molar-refractivity contribution in [1.29, 1.82) is 0 Å². The summed E-state index contributed by atoms with van der Waals surface area (Å²) < 4.78 is 33.7. The number of pyridine rings is 2. The lowest BCUT2D eigenvalue weighted by Crippen LogP contribution is -2.24. The van der Waals surface area contributed by atoms with E-state index >= 15 is 0 Å². The summed E-state index contributed by atoms with van der Waals surface area (Å²) in [7, 11) is 0.214. The van der Waals surface area contributed by atoms with E-state index in [2.05, 4.69) is 19.7 Å². The van der Waals surface area contributed by atoms with Crippen LogP contribution in [0.2, 0.25) is 0 Å². The monoisotopic (exact) mass is 375 g/mol. The van der Waals surface area contributed by atoms with Gasteiger partial charge >= 0.3 is 0 Å². The van der Waals surface area contributed by atoms with E-state index in [1.54, 1.807) is 36.8 Å². The molecule has 26 heavy (non-hydrogen) atoms. The lowest BCUT2D eigenvalue weighted by molar-refractivity contribution is 0.258. The lowest BCUT2D eigenvalue weighted by atomic mass is 10.2. The molecule has 0 spiro atoms. The smallest absolute Gasteiger partial charge is 0.243 e. The van der Waals surface area contributed by atoms with E-state index in [-0.39, 0.29) is 11.4 Å². The molecule has 0 fully saturated rings. The Balaban J connectivity index is 1.74. The number of hydrogen-bond acceptors (Lipinski definition) is 6. The molecule has 3 aromatic heterocycles. The quantitative estimate of drug-likeness (QED) is 0.617. The second kappa shape index (κ2) is 7.81. The van der Waals surface area contributed by atoms with Gasteiger partial charge in [-0.3, -0.25) is 4.98 Å². The summed E-state index contributed by atoms with van der Waals surface area (Å²) in [6.45, 7) is 1.35. The molecule has 0 bridgehead atoms. The van der Waals surface area contributed by atoms with Crippen LogP contribution in [0.5, 0.6) is 5.75 Å². The molecule has 0 aromatic carbocycles. The molecule has 0 saturated carbocycles. The van der Waals surface area contributed by atoms with Gasteiger partial charge in [-0.1, -0.05) is 0 Å². The van der Waals surface area contributed by atoms with Gasteiger partial charge in [-0.15, -0.1) is 0 Å². The van der Waals surface area contributed by atoms with Gasteiger partial charge in [0.2, 0.25) is 10.0 Å². The van der Waals surface area contributed by atoms with Crippen LogP contribution in [-0.4, -0.2) is 55.5 Å². The highest BCUT2D eigenvalue weighted by Gasteiger charge is 2.19. The first-order valence-electron chi connectivity index (χ1n) is 8.09. The molecule has 3 aromatic rings. The van der Waals surface area contributed by atoms with E-state index in [4.69, 9.17) is 4.74 Å². The van der Waals surface area contributed by atoms with Crippen LogP contribution in [0.15, 0.2) is 47.9 Å². The van der Waals surface area contributed by atoms with Gasteiger partial charge in [-0.25, -0.2) is 18.1 Å². The first kappa shape index (κ1) is 18.3. The molecule has 0 aliphatic carbocycles. The third-order valence-corrected chi connectivity index (χ3v) is 5.26. The van der Waals surface area contributed by atoms with Gasteiger partial charge in [0.1, 0.15) is 22.9 Å². The SMILES string of the molecule is CN(C)CCOc1cnccc1CNS(=O)(=O)c1c[nH]c2ncccc12. The molecule has 0 amide bonds. The molecule has 3 rings (SSSR count). The van der Waals surface area contributed by atoms with Gasteiger partial charge in [-0.05, 0) is 32.3 Å². The van der Waals surface area contributed by atoms with Crippen LogP contribution in [0.4, 0.5) is 0 Å². The maximum absolute atomic E-state index is 12.7. The molecule has 0 aliphatic rings. The van der Waals surface area contributed by atoms with E-state index in [0.717, 1.165) is 12.1 Å². The molecule has 0 unspecified atom stereocenters. The highest BCUT2D eigenvalue weighted by Crippen LogP contribution is 2.22. The number of nitrogens with zero attached hydrogens (tertiary/aromatic N) is 3. The normalized spacial score (nSPS) is 12.0. The third-order valence-electron chi connectivity index (χ3n) is 3.82. The summed E-state index contributed by atoms with van der Waals surface area (Å²) in [6, 6.07) is 5.16. The van der Waals surface area contributed by atoms with E-state index in [1.807, 2.05) is 19.0 Å². The van der Waals surface area contributed by atoms with E-state index < -0.39 is 10.0 Å². The molecule has 2 N–H and O–H groups in total. The molecular weight excluding hydrogens is 354 g/mol. The maximum Gasteiger partial charge on any atom is 0.243 e. The van der Waals surface area contributed by atoms with Crippen molar-refractivity contribution in [2.75, 3.05) is 27.2 Å². The second-order valence-corrected chi connectivity index (χ2v) is 7.75. The van der Waals surface area contributed by atoms with E-state index in [1.165, 1.54) is 6.20 Å². The second-order valence-electron chi connectivity index (χ2n) is 6.01. The number of likely N-dealkylation sites (N-methyl/N-ethyl adjacent to an activating group) is 1. The van der Waals surface area contributed by atoms with E-state index in [0.29, 0.717) is 23.4 Å². The predicted molar refractivity (Wildman–Crippen MR) is 98.4 cm³/mol. The van der Waals surface area contributed by atoms with Gasteiger partial charge in [-0.2, -0.15) is 0 Å². The summed E-state index contributed by atoms with van der Waals surface area (Å²) >= 11 is 0. The number of aromatic amines is 1. The molecule has 9 heteroatoms. The van der Waals surface area contributed by atoms with Crippen LogP contribution >= 0.6 is 0 Å². The van der Waals surface area contributed by atoms with Crippen LogP contribution in [0.25, 0.3) is 11.0 Å². The van der Waals surface area contributed by atoms with Crippen LogP contribution in [0, 0.1) is 0 Å². The number of aromatic nitrogens is 3. The minimum absolute atomic E-state index is 0.106. The fourth-order valence-electron chi connectivity index (χ4n) is 2.43. The van der Waals surface area contributed by atoms with Gasteiger partial charge in [0, 0.05) is 42.6 Å². The molecule has 8 nitrogen and oxygen atoms in total.